The largest absolute Gasteiger partial charge is 0.314 e. The minimum Gasteiger partial charge on any atom is -0.314 e. The molecule has 1 saturated heterocycles. The Morgan fingerprint density at radius 2 is 2.06 bits per heavy atom. The van der Waals surface area contributed by atoms with Crippen LogP contribution in [0.2, 0.25) is 0 Å². The Kier molecular flexibility index (Phi) is 4.13. The fraction of sp³-hybridized carbons (Fsp3) is 0.571. The first-order chi connectivity index (χ1) is 8.16. The van der Waals surface area contributed by atoms with Gasteiger partial charge in [0.2, 0.25) is 0 Å². The van der Waals surface area contributed by atoms with E-state index in [1.807, 2.05) is 19.1 Å². The van der Waals surface area contributed by atoms with Crippen LogP contribution in [0.5, 0.6) is 0 Å². The zero-order valence-corrected chi connectivity index (χ0v) is 10.7. The quantitative estimate of drug-likeness (QED) is 0.865. The number of nitrogens with one attached hydrogen (secondary N) is 1. The molecule has 1 aliphatic rings. The smallest absolute Gasteiger partial charge is 0.126 e. The van der Waals surface area contributed by atoms with Crippen LogP contribution in [0, 0.1) is 12.7 Å². The van der Waals surface area contributed by atoms with Crippen molar-refractivity contribution in [2.75, 3.05) is 32.7 Å². The molecule has 1 fully saturated rings. The van der Waals surface area contributed by atoms with E-state index >= 15 is 0 Å². The Balaban J connectivity index is 2.02. The lowest BCUT2D eigenvalue weighted by atomic mass is 9.98. The van der Waals surface area contributed by atoms with Crippen LogP contribution >= 0.6 is 0 Å². The molecule has 0 aromatic heterocycles. The lowest BCUT2D eigenvalue weighted by Gasteiger charge is -2.30. The van der Waals surface area contributed by atoms with E-state index in [4.69, 9.17) is 0 Å². The Morgan fingerprint density at radius 1 is 1.35 bits per heavy atom. The van der Waals surface area contributed by atoms with Crippen LogP contribution in [-0.4, -0.2) is 37.6 Å². The Labute approximate surface area is 103 Å². The molecule has 94 valence electrons. The fourth-order valence-corrected chi connectivity index (χ4v) is 2.42. The number of hydrogen-bond donors (Lipinski definition) is 1. The molecule has 17 heavy (non-hydrogen) atoms. The molecular weight excluding hydrogens is 215 g/mol. The fourth-order valence-electron chi connectivity index (χ4n) is 2.42. The van der Waals surface area contributed by atoms with E-state index in [-0.39, 0.29) is 11.7 Å². The maximum atomic E-state index is 13.7. The van der Waals surface area contributed by atoms with Crippen molar-refractivity contribution < 1.29 is 4.39 Å². The standard InChI is InChI=1S/C14H21FN2/c1-11-3-4-14(15)13(9-11)12(2)10-17-7-5-16-6-8-17/h3-4,9,12,16H,5-8,10H2,1-2H3. The van der Waals surface area contributed by atoms with E-state index in [9.17, 15) is 4.39 Å². The molecule has 1 aromatic carbocycles. The van der Waals surface area contributed by atoms with Crippen LogP contribution in [0.1, 0.15) is 24.0 Å². The first-order valence-electron chi connectivity index (χ1n) is 6.36. The molecule has 2 nitrogen and oxygen atoms in total. The second kappa shape index (κ2) is 5.61. The SMILES string of the molecule is Cc1ccc(F)c(C(C)CN2CCNCC2)c1. The van der Waals surface area contributed by atoms with Crippen molar-refractivity contribution in [2.45, 2.75) is 19.8 Å². The minimum atomic E-state index is -0.0711. The summed E-state index contributed by atoms with van der Waals surface area (Å²) in [5.74, 6) is 0.186. The van der Waals surface area contributed by atoms with Gasteiger partial charge in [-0.2, -0.15) is 0 Å². The molecule has 0 aliphatic carbocycles. The van der Waals surface area contributed by atoms with Gasteiger partial charge < -0.3 is 10.2 Å². The zero-order chi connectivity index (χ0) is 12.3. The average Bonchev–Trinajstić information content (AvgIpc) is 2.33. The Morgan fingerprint density at radius 3 is 2.76 bits per heavy atom. The van der Waals surface area contributed by atoms with E-state index in [1.54, 1.807) is 6.07 Å². The van der Waals surface area contributed by atoms with Gasteiger partial charge in [0.1, 0.15) is 5.82 Å². The second-order valence-electron chi connectivity index (χ2n) is 4.98. The van der Waals surface area contributed by atoms with Gasteiger partial charge >= 0.3 is 0 Å². The number of hydrogen-bond acceptors (Lipinski definition) is 2. The number of benzene rings is 1. The number of rotatable bonds is 3. The van der Waals surface area contributed by atoms with Crippen LogP contribution in [0.3, 0.4) is 0 Å². The summed E-state index contributed by atoms with van der Waals surface area (Å²) in [6, 6.07) is 5.39. The molecule has 1 N–H and O–H groups in total. The third kappa shape index (κ3) is 3.27. The summed E-state index contributed by atoms with van der Waals surface area (Å²) in [7, 11) is 0. The summed E-state index contributed by atoms with van der Waals surface area (Å²) >= 11 is 0. The number of nitrogens with zero attached hydrogens (tertiary/aromatic N) is 1. The second-order valence-corrected chi connectivity index (χ2v) is 4.98. The van der Waals surface area contributed by atoms with E-state index < -0.39 is 0 Å². The van der Waals surface area contributed by atoms with Gasteiger partial charge in [-0.3, -0.25) is 0 Å². The molecule has 0 saturated carbocycles. The van der Waals surface area contributed by atoms with Gasteiger partial charge in [-0.15, -0.1) is 0 Å². The van der Waals surface area contributed by atoms with Gasteiger partial charge in [-0.05, 0) is 24.5 Å². The lowest BCUT2D eigenvalue weighted by molar-refractivity contribution is 0.229. The van der Waals surface area contributed by atoms with Gasteiger partial charge in [0.15, 0.2) is 0 Å². The number of piperazine rings is 1. The van der Waals surface area contributed by atoms with Gasteiger partial charge in [-0.25, -0.2) is 4.39 Å². The zero-order valence-electron chi connectivity index (χ0n) is 10.7. The Hall–Kier alpha value is -0.930. The van der Waals surface area contributed by atoms with Crippen LogP contribution in [0.25, 0.3) is 0 Å². The van der Waals surface area contributed by atoms with Gasteiger partial charge in [0, 0.05) is 32.7 Å². The minimum absolute atomic E-state index is 0.0711. The van der Waals surface area contributed by atoms with Crippen molar-refractivity contribution in [3.63, 3.8) is 0 Å². The third-order valence-electron chi connectivity index (χ3n) is 3.42. The molecule has 1 heterocycles. The number of halogens is 1. The molecular formula is C14H21FN2. The van der Waals surface area contributed by atoms with Crippen molar-refractivity contribution in [3.05, 3.63) is 35.1 Å². The summed E-state index contributed by atoms with van der Waals surface area (Å²) in [5, 5.41) is 3.33. The van der Waals surface area contributed by atoms with Crippen molar-refractivity contribution in [3.8, 4) is 0 Å². The molecule has 1 atom stereocenters. The predicted molar refractivity (Wildman–Crippen MR) is 68.9 cm³/mol. The maximum Gasteiger partial charge on any atom is 0.126 e. The predicted octanol–water partition coefficient (Wildman–Crippen LogP) is 2.14. The van der Waals surface area contributed by atoms with E-state index in [0.717, 1.165) is 43.9 Å². The van der Waals surface area contributed by atoms with Gasteiger partial charge in [-0.1, -0.05) is 24.6 Å². The van der Waals surface area contributed by atoms with E-state index in [2.05, 4.69) is 17.1 Å². The molecule has 0 amide bonds. The van der Waals surface area contributed by atoms with Crippen molar-refractivity contribution in [1.29, 1.82) is 0 Å². The summed E-state index contributed by atoms with van der Waals surface area (Å²) < 4.78 is 13.7. The maximum absolute atomic E-state index is 13.7. The molecule has 0 spiro atoms. The van der Waals surface area contributed by atoms with Crippen LogP contribution in [0.4, 0.5) is 4.39 Å². The molecule has 1 aliphatic heterocycles. The molecule has 1 aromatic rings. The number of aryl methyl sites for hydroxylation is 1. The van der Waals surface area contributed by atoms with Crippen LogP contribution in [-0.2, 0) is 0 Å². The normalized spacial score (nSPS) is 19.2. The monoisotopic (exact) mass is 236 g/mol. The third-order valence-corrected chi connectivity index (χ3v) is 3.42. The van der Waals surface area contributed by atoms with E-state index in [0.29, 0.717) is 0 Å². The first kappa shape index (κ1) is 12.5. The highest BCUT2D eigenvalue weighted by Crippen LogP contribution is 2.21. The molecule has 1 unspecified atom stereocenters. The molecule has 2 rings (SSSR count). The summed E-state index contributed by atoms with van der Waals surface area (Å²) in [5.41, 5.74) is 1.98. The highest BCUT2D eigenvalue weighted by atomic mass is 19.1. The average molecular weight is 236 g/mol. The van der Waals surface area contributed by atoms with Crippen LogP contribution < -0.4 is 5.32 Å². The van der Waals surface area contributed by atoms with Crippen molar-refractivity contribution in [1.82, 2.24) is 10.2 Å². The van der Waals surface area contributed by atoms with Crippen LogP contribution in [0.15, 0.2) is 18.2 Å². The first-order valence-corrected chi connectivity index (χ1v) is 6.36. The molecule has 0 radical (unpaired) electrons. The summed E-state index contributed by atoms with van der Waals surface area (Å²) in [6.45, 7) is 9.30. The lowest BCUT2D eigenvalue weighted by Crippen LogP contribution is -2.44. The highest BCUT2D eigenvalue weighted by Gasteiger charge is 2.16. The topological polar surface area (TPSA) is 15.3 Å². The van der Waals surface area contributed by atoms with E-state index in [1.165, 1.54) is 0 Å². The van der Waals surface area contributed by atoms with Crippen molar-refractivity contribution in [2.24, 2.45) is 0 Å². The highest BCUT2D eigenvalue weighted by molar-refractivity contribution is 5.27. The summed E-state index contributed by atoms with van der Waals surface area (Å²) in [4.78, 5) is 2.41. The van der Waals surface area contributed by atoms with Gasteiger partial charge in [0.05, 0.1) is 0 Å². The molecule has 3 heteroatoms. The van der Waals surface area contributed by atoms with Crippen molar-refractivity contribution >= 4 is 0 Å². The summed E-state index contributed by atoms with van der Waals surface area (Å²) in [6.07, 6.45) is 0. The Bertz CT molecular complexity index is 372. The molecule has 0 bridgehead atoms. The van der Waals surface area contributed by atoms with Gasteiger partial charge in [0.25, 0.3) is 0 Å².